The van der Waals surface area contributed by atoms with E-state index < -0.39 is 0 Å². The molecule has 0 radical (unpaired) electrons. The monoisotopic (exact) mass is 331 g/mol. The standard InChI is InChI=1S/C19H29N3O2/c1-22(2)11-12-24-17-8-6-16(7-9-17)21-18(23)19-10-4-3-5-15(19)13-20-14-19/h6-9,15,20H,3-5,10-14H2,1-2H3,(H,21,23)/t15-,19+/m0/s1. The van der Waals surface area contributed by atoms with E-state index in [4.69, 9.17) is 4.74 Å². The number of nitrogens with one attached hydrogen (secondary N) is 2. The van der Waals surface area contributed by atoms with Crippen molar-refractivity contribution in [3.05, 3.63) is 24.3 Å². The largest absolute Gasteiger partial charge is 0.492 e. The molecule has 2 atom stereocenters. The summed E-state index contributed by atoms with van der Waals surface area (Å²) in [6.45, 7) is 3.34. The summed E-state index contributed by atoms with van der Waals surface area (Å²) in [4.78, 5) is 15.0. The van der Waals surface area contributed by atoms with Crippen molar-refractivity contribution in [2.45, 2.75) is 25.7 Å². The molecule has 2 N–H and O–H groups in total. The number of hydrogen-bond acceptors (Lipinski definition) is 4. The Kier molecular flexibility index (Phi) is 5.41. The molecule has 1 aliphatic heterocycles. The van der Waals surface area contributed by atoms with Crippen LogP contribution in [0.25, 0.3) is 0 Å². The molecule has 1 aromatic carbocycles. The Balaban J connectivity index is 1.58. The zero-order chi connectivity index (χ0) is 17.0. The van der Waals surface area contributed by atoms with E-state index in [0.29, 0.717) is 12.5 Å². The summed E-state index contributed by atoms with van der Waals surface area (Å²) < 4.78 is 5.70. The first-order valence-electron chi connectivity index (χ1n) is 9.00. The summed E-state index contributed by atoms with van der Waals surface area (Å²) in [5, 5.41) is 6.56. The minimum Gasteiger partial charge on any atom is -0.492 e. The molecule has 3 rings (SSSR count). The Morgan fingerprint density at radius 1 is 1.33 bits per heavy atom. The maximum atomic E-state index is 12.9. The number of fused-ring (bicyclic) bond motifs is 1. The minimum atomic E-state index is -0.209. The lowest BCUT2D eigenvalue weighted by Gasteiger charge is -2.37. The van der Waals surface area contributed by atoms with Gasteiger partial charge in [-0.05, 0) is 63.7 Å². The number of likely N-dealkylation sites (N-methyl/N-ethyl adjacent to an activating group) is 1. The summed E-state index contributed by atoms with van der Waals surface area (Å²) >= 11 is 0. The molecule has 1 aliphatic carbocycles. The molecule has 1 heterocycles. The van der Waals surface area contributed by atoms with Gasteiger partial charge in [0.15, 0.2) is 0 Å². The molecule has 1 saturated heterocycles. The lowest BCUT2D eigenvalue weighted by molar-refractivity contribution is -0.128. The molecule has 1 amide bonds. The van der Waals surface area contributed by atoms with Gasteiger partial charge in [-0.25, -0.2) is 0 Å². The SMILES string of the molecule is CN(C)CCOc1ccc(NC(=O)[C@@]23CCCC[C@H]2CNC3)cc1. The first kappa shape index (κ1) is 17.2. The third kappa shape index (κ3) is 3.73. The first-order chi connectivity index (χ1) is 11.6. The van der Waals surface area contributed by atoms with Gasteiger partial charge in [0.1, 0.15) is 12.4 Å². The van der Waals surface area contributed by atoms with Crippen LogP contribution in [0.3, 0.4) is 0 Å². The fraction of sp³-hybridized carbons (Fsp3) is 0.632. The van der Waals surface area contributed by atoms with Crippen molar-refractivity contribution in [2.75, 3.05) is 45.7 Å². The third-order valence-corrected chi connectivity index (χ3v) is 5.41. The Morgan fingerprint density at radius 3 is 2.88 bits per heavy atom. The number of carbonyl (C=O) groups excluding carboxylic acids is 1. The van der Waals surface area contributed by atoms with Gasteiger partial charge in [-0.1, -0.05) is 12.8 Å². The molecule has 2 aliphatic rings. The van der Waals surface area contributed by atoms with Crippen molar-refractivity contribution in [2.24, 2.45) is 11.3 Å². The molecular weight excluding hydrogens is 302 g/mol. The number of benzene rings is 1. The fourth-order valence-corrected chi connectivity index (χ4v) is 3.93. The number of rotatable bonds is 6. The maximum Gasteiger partial charge on any atom is 0.232 e. The fourth-order valence-electron chi connectivity index (χ4n) is 3.93. The molecule has 0 unspecified atom stereocenters. The number of hydrogen-bond donors (Lipinski definition) is 2. The van der Waals surface area contributed by atoms with E-state index in [9.17, 15) is 4.79 Å². The van der Waals surface area contributed by atoms with Crippen LogP contribution in [0.1, 0.15) is 25.7 Å². The molecule has 0 bridgehead atoms. The van der Waals surface area contributed by atoms with Gasteiger partial charge in [0.25, 0.3) is 0 Å². The zero-order valence-corrected chi connectivity index (χ0v) is 14.8. The van der Waals surface area contributed by atoms with Crippen LogP contribution in [-0.4, -0.2) is 51.1 Å². The van der Waals surface area contributed by atoms with Gasteiger partial charge < -0.3 is 20.3 Å². The second kappa shape index (κ2) is 7.53. The molecule has 24 heavy (non-hydrogen) atoms. The molecule has 1 aromatic rings. The van der Waals surface area contributed by atoms with E-state index in [1.807, 2.05) is 38.4 Å². The predicted octanol–water partition coefficient (Wildman–Crippen LogP) is 2.35. The lowest BCUT2D eigenvalue weighted by atomic mass is 9.67. The Hall–Kier alpha value is -1.59. The Bertz CT molecular complexity index is 558. The quantitative estimate of drug-likeness (QED) is 0.840. The molecule has 0 aromatic heterocycles. The highest BCUT2D eigenvalue weighted by atomic mass is 16.5. The molecule has 5 nitrogen and oxygen atoms in total. The summed E-state index contributed by atoms with van der Waals surface area (Å²) in [7, 11) is 4.05. The smallest absolute Gasteiger partial charge is 0.232 e. The second-order valence-corrected chi connectivity index (χ2v) is 7.36. The third-order valence-electron chi connectivity index (χ3n) is 5.41. The highest BCUT2D eigenvalue weighted by molar-refractivity contribution is 5.96. The van der Waals surface area contributed by atoms with Gasteiger partial charge in [-0.15, -0.1) is 0 Å². The van der Waals surface area contributed by atoms with E-state index in [0.717, 1.165) is 43.9 Å². The van der Waals surface area contributed by atoms with Crippen molar-refractivity contribution in [3.63, 3.8) is 0 Å². The van der Waals surface area contributed by atoms with Gasteiger partial charge in [0.2, 0.25) is 5.91 Å². The van der Waals surface area contributed by atoms with Gasteiger partial charge in [0, 0.05) is 18.8 Å². The zero-order valence-electron chi connectivity index (χ0n) is 14.8. The molecule has 5 heteroatoms. The number of carbonyl (C=O) groups is 1. The van der Waals surface area contributed by atoms with Gasteiger partial charge >= 0.3 is 0 Å². The summed E-state index contributed by atoms with van der Waals surface area (Å²) in [5.41, 5.74) is 0.643. The van der Waals surface area contributed by atoms with E-state index in [-0.39, 0.29) is 11.3 Å². The number of ether oxygens (including phenoxy) is 1. The number of nitrogens with zero attached hydrogens (tertiary/aromatic N) is 1. The van der Waals surface area contributed by atoms with Crippen LogP contribution in [0, 0.1) is 11.3 Å². The molecular formula is C19H29N3O2. The number of anilines is 1. The Labute approximate surface area is 144 Å². The van der Waals surface area contributed by atoms with E-state index >= 15 is 0 Å². The lowest BCUT2D eigenvalue weighted by Crippen LogP contribution is -2.44. The van der Waals surface area contributed by atoms with Crippen LogP contribution in [-0.2, 0) is 4.79 Å². The summed E-state index contributed by atoms with van der Waals surface area (Å²) in [6.07, 6.45) is 4.58. The van der Waals surface area contributed by atoms with Crippen LogP contribution < -0.4 is 15.4 Å². The van der Waals surface area contributed by atoms with Gasteiger partial charge in [0.05, 0.1) is 5.41 Å². The van der Waals surface area contributed by atoms with Crippen LogP contribution >= 0.6 is 0 Å². The van der Waals surface area contributed by atoms with Crippen LogP contribution in [0.2, 0.25) is 0 Å². The van der Waals surface area contributed by atoms with Crippen molar-refractivity contribution in [1.29, 1.82) is 0 Å². The van der Waals surface area contributed by atoms with Crippen LogP contribution in [0.15, 0.2) is 24.3 Å². The average Bonchev–Trinajstić information content (AvgIpc) is 3.01. The summed E-state index contributed by atoms with van der Waals surface area (Å²) in [6, 6.07) is 7.71. The van der Waals surface area contributed by atoms with Crippen molar-refractivity contribution in [3.8, 4) is 5.75 Å². The van der Waals surface area contributed by atoms with Crippen molar-refractivity contribution in [1.82, 2.24) is 10.2 Å². The second-order valence-electron chi connectivity index (χ2n) is 7.36. The van der Waals surface area contributed by atoms with Crippen molar-refractivity contribution < 1.29 is 9.53 Å². The topological polar surface area (TPSA) is 53.6 Å². The maximum absolute atomic E-state index is 12.9. The minimum absolute atomic E-state index is 0.179. The molecule has 2 fully saturated rings. The van der Waals surface area contributed by atoms with E-state index in [1.165, 1.54) is 12.8 Å². The van der Waals surface area contributed by atoms with Gasteiger partial charge in [-0.2, -0.15) is 0 Å². The molecule has 1 saturated carbocycles. The van der Waals surface area contributed by atoms with E-state index in [2.05, 4.69) is 15.5 Å². The van der Waals surface area contributed by atoms with Crippen molar-refractivity contribution >= 4 is 11.6 Å². The summed E-state index contributed by atoms with van der Waals surface area (Å²) in [5.74, 6) is 1.50. The predicted molar refractivity (Wildman–Crippen MR) is 96.4 cm³/mol. The van der Waals surface area contributed by atoms with Gasteiger partial charge in [-0.3, -0.25) is 4.79 Å². The molecule has 132 valence electrons. The van der Waals surface area contributed by atoms with E-state index in [1.54, 1.807) is 0 Å². The Morgan fingerprint density at radius 2 is 2.12 bits per heavy atom. The highest BCUT2D eigenvalue weighted by Gasteiger charge is 2.49. The van der Waals surface area contributed by atoms with Crippen LogP contribution in [0.5, 0.6) is 5.75 Å². The molecule has 0 spiro atoms. The van der Waals surface area contributed by atoms with Crippen LogP contribution in [0.4, 0.5) is 5.69 Å². The average molecular weight is 331 g/mol. The number of amides is 1. The first-order valence-corrected chi connectivity index (χ1v) is 9.00. The normalized spacial score (nSPS) is 26.2. The highest BCUT2D eigenvalue weighted by Crippen LogP contribution is 2.44.